The number of hydrogen-bond donors (Lipinski definition) is 1. The summed E-state index contributed by atoms with van der Waals surface area (Å²) in [6, 6.07) is 5.75. The molecule has 35 heavy (non-hydrogen) atoms. The van der Waals surface area contributed by atoms with Gasteiger partial charge in [0.2, 0.25) is 0 Å². The molecule has 3 rings (SSSR count). The fourth-order valence-electron chi connectivity index (χ4n) is 3.41. The summed E-state index contributed by atoms with van der Waals surface area (Å²) in [4.78, 5) is 16.7. The molecule has 2 heterocycles. The maximum atomic E-state index is 15.0. The van der Waals surface area contributed by atoms with Crippen molar-refractivity contribution in [3.63, 3.8) is 0 Å². The Morgan fingerprint density at radius 2 is 1.83 bits per heavy atom. The van der Waals surface area contributed by atoms with Crippen LogP contribution in [0.25, 0.3) is 0 Å². The highest BCUT2D eigenvalue weighted by Gasteiger charge is 2.52. The Hall–Kier alpha value is -1.66. The van der Waals surface area contributed by atoms with E-state index in [0.717, 1.165) is 17.8 Å². The summed E-state index contributed by atoms with van der Waals surface area (Å²) in [5.41, 5.74) is -1.07. The summed E-state index contributed by atoms with van der Waals surface area (Å²) in [5.74, 6) is -0.423. The summed E-state index contributed by atoms with van der Waals surface area (Å²) in [6.07, 6.45) is 1.10. The number of nitrogens with zero attached hydrogens (tertiary/aromatic N) is 1. The first-order valence-corrected chi connectivity index (χ1v) is 16.3. The van der Waals surface area contributed by atoms with Gasteiger partial charge in [0, 0.05) is 20.2 Å². The van der Waals surface area contributed by atoms with Crippen molar-refractivity contribution in [2.24, 2.45) is 4.99 Å². The number of thioether (sulfide) groups is 1. The highest BCUT2D eigenvalue weighted by Crippen LogP contribution is 2.38. The van der Waals surface area contributed by atoms with E-state index in [1.54, 1.807) is 30.5 Å². The quantitative estimate of drug-likeness (QED) is 0.309. The van der Waals surface area contributed by atoms with Gasteiger partial charge in [-0.15, -0.1) is 0 Å². The first-order valence-electron chi connectivity index (χ1n) is 11.8. The Bertz CT molecular complexity index is 998. The normalized spacial score (nSPS) is 23.2. The lowest BCUT2D eigenvalue weighted by Gasteiger charge is -2.32. The zero-order valence-electron chi connectivity index (χ0n) is 21.9. The second-order valence-corrected chi connectivity index (χ2v) is 17.7. The van der Waals surface area contributed by atoms with Crippen molar-refractivity contribution in [1.29, 1.82) is 0 Å². The molecule has 2 aliphatic heterocycles. The Morgan fingerprint density at radius 1 is 1.17 bits per heavy atom. The fraction of sp³-hybridized carbons (Fsp3) is 0.583. The van der Waals surface area contributed by atoms with E-state index in [-0.39, 0.29) is 12.0 Å². The van der Waals surface area contributed by atoms with Crippen LogP contribution in [0.1, 0.15) is 40.2 Å². The van der Waals surface area contributed by atoms with Gasteiger partial charge in [-0.2, -0.15) is 0 Å². The van der Waals surface area contributed by atoms with Crippen molar-refractivity contribution in [2.45, 2.75) is 77.0 Å². The van der Waals surface area contributed by atoms with Crippen molar-refractivity contribution in [1.82, 2.24) is 5.32 Å². The molecule has 0 radical (unpaired) electrons. The van der Waals surface area contributed by atoms with Crippen LogP contribution in [0.5, 0.6) is 0 Å². The van der Waals surface area contributed by atoms with Crippen LogP contribution in [0.3, 0.4) is 0 Å². The minimum atomic E-state index is -1.20. The summed E-state index contributed by atoms with van der Waals surface area (Å²) in [5, 5.41) is 4.42. The molecule has 7 nitrogen and oxygen atoms in total. The van der Waals surface area contributed by atoms with Crippen molar-refractivity contribution < 1.29 is 28.0 Å². The monoisotopic (exact) mass is 522 g/mol. The maximum absolute atomic E-state index is 15.0. The van der Waals surface area contributed by atoms with Crippen LogP contribution < -0.4 is 10.8 Å². The van der Waals surface area contributed by atoms with Crippen LogP contribution in [0.4, 0.5) is 9.18 Å². The maximum Gasteiger partial charge on any atom is 0.494 e. The van der Waals surface area contributed by atoms with Crippen LogP contribution >= 0.6 is 11.8 Å². The number of hydrogen-bond acceptors (Lipinski definition) is 7. The van der Waals surface area contributed by atoms with E-state index < -0.39 is 43.8 Å². The first kappa shape index (κ1) is 27.9. The minimum absolute atomic E-state index is 0.0547. The van der Waals surface area contributed by atoms with Gasteiger partial charge >= 0.3 is 13.2 Å². The van der Waals surface area contributed by atoms with Crippen LogP contribution in [-0.4, -0.2) is 51.1 Å². The predicted octanol–water partition coefficient (Wildman–Crippen LogP) is 5.00. The van der Waals surface area contributed by atoms with Gasteiger partial charge in [-0.3, -0.25) is 5.32 Å². The zero-order valence-corrected chi connectivity index (χ0v) is 23.7. The van der Waals surface area contributed by atoms with E-state index >= 15 is 0 Å². The molecular formula is C24H36BFN2O5SSi. The van der Waals surface area contributed by atoms with Crippen molar-refractivity contribution >= 4 is 43.7 Å². The summed E-state index contributed by atoms with van der Waals surface area (Å²) in [7, 11) is -1.82. The molecule has 11 heteroatoms. The molecule has 192 valence electrons. The van der Waals surface area contributed by atoms with Crippen LogP contribution in [-0.2, 0) is 24.3 Å². The molecule has 1 N–H and O–H groups in total. The summed E-state index contributed by atoms with van der Waals surface area (Å²) in [6.45, 7) is 17.1. The molecule has 1 saturated heterocycles. The van der Waals surface area contributed by atoms with Gasteiger partial charge in [0.15, 0.2) is 0 Å². The number of nitrogens with one attached hydrogen (secondary N) is 1. The number of aliphatic imine (C=N–C) groups is 1. The molecule has 0 bridgehead atoms. The highest BCUT2D eigenvalue weighted by molar-refractivity contribution is 8.16. The third-order valence-corrected chi connectivity index (χ3v) is 8.79. The molecule has 1 unspecified atom stereocenters. The summed E-state index contributed by atoms with van der Waals surface area (Å²) < 4.78 is 38.0. The smallest absolute Gasteiger partial charge is 0.399 e. The number of halogens is 1. The van der Waals surface area contributed by atoms with E-state index in [0.29, 0.717) is 17.6 Å². The van der Waals surface area contributed by atoms with E-state index in [4.69, 9.17) is 18.8 Å². The lowest BCUT2D eigenvalue weighted by molar-refractivity contribution is 0.00578. The van der Waals surface area contributed by atoms with Gasteiger partial charge in [-0.1, -0.05) is 31.8 Å². The first-order chi connectivity index (χ1) is 16.1. The third kappa shape index (κ3) is 6.97. The Labute approximate surface area is 213 Å². The largest absolute Gasteiger partial charge is 0.494 e. The lowest BCUT2D eigenvalue weighted by Crippen LogP contribution is -2.41. The number of ether oxygens (including phenoxy) is 2. The molecule has 0 aromatic heterocycles. The Morgan fingerprint density at radius 3 is 2.46 bits per heavy atom. The predicted molar refractivity (Wildman–Crippen MR) is 142 cm³/mol. The van der Waals surface area contributed by atoms with Crippen molar-refractivity contribution in [3.8, 4) is 0 Å². The molecule has 1 amide bonds. The number of alkyl carbamates (subject to hydrolysis) is 1. The van der Waals surface area contributed by atoms with Gasteiger partial charge in [0.25, 0.3) is 5.23 Å². The molecule has 1 fully saturated rings. The molecule has 0 spiro atoms. The topological polar surface area (TPSA) is 78.4 Å². The number of carbonyl (C=O) groups excluding carboxylic acids is 1. The molecular weight excluding hydrogens is 486 g/mol. The molecule has 1 aromatic carbocycles. The van der Waals surface area contributed by atoms with Crippen LogP contribution in [0.15, 0.2) is 34.7 Å². The number of benzene rings is 1. The van der Waals surface area contributed by atoms with Gasteiger partial charge in [0.05, 0.1) is 11.2 Å². The molecule has 0 aliphatic carbocycles. The second kappa shape index (κ2) is 10.4. The van der Waals surface area contributed by atoms with E-state index in [2.05, 4.69) is 30.0 Å². The van der Waals surface area contributed by atoms with Crippen molar-refractivity contribution in [3.05, 3.63) is 41.1 Å². The van der Waals surface area contributed by atoms with E-state index in [1.807, 2.05) is 27.7 Å². The van der Waals surface area contributed by atoms with Gasteiger partial charge in [0.1, 0.15) is 18.1 Å². The second-order valence-electron chi connectivity index (χ2n) is 11.2. The molecule has 1 aromatic rings. The standard InChI is InChI=1S/C24H36BFN2O5SSi/c1-22(2)23(3,4)33-25(32-22)17-9-10-19(26)18(15-17)24(5)11-13-34-21(28-24)31-20(29)27-16-30-12-14-35(6,7)8/h9-11,13,15H,12,14,16H2,1-8H3,(H,27,29). The molecule has 2 aliphatic rings. The zero-order chi connectivity index (χ0) is 26.1. The van der Waals surface area contributed by atoms with Crippen LogP contribution in [0.2, 0.25) is 25.7 Å². The third-order valence-electron chi connectivity index (χ3n) is 6.44. The summed E-state index contributed by atoms with van der Waals surface area (Å²) >= 11 is 1.15. The van der Waals surface area contributed by atoms with Crippen LogP contribution in [0, 0.1) is 5.82 Å². The van der Waals surface area contributed by atoms with Crippen molar-refractivity contribution in [2.75, 3.05) is 13.3 Å². The average molecular weight is 523 g/mol. The minimum Gasteiger partial charge on any atom is -0.399 e. The van der Waals surface area contributed by atoms with Gasteiger partial charge in [-0.05, 0) is 75.4 Å². The Balaban J connectivity index is 1.69. The molecule has 1 atom stereocenters. The lowest BCUT2D eigenvalue weighted by atomic mass is 9.76. The van der Waals surface area contributed by atoms with Gasteiger partial charge < -0.3 is 18.8 Å². The van der Waals surface area contributed by atoms with E-state index in [1.165, 1.54) is 6.07 Å². The fourth-order valence-corrected chi connectivity index (χ4v) is 4.98. The number of carbonyl (C=O) groups is 1. The highest BCUT2D eigenvalue weighted by atomic mass is 32.2. The average Bonchev–Trinajstić information content (AvgIpc) is 2.94. The SMILES string of the molecule is CC1(c2cc(B3OC(C)(C)C(C)(C)O3)ccc2F)C=CSC(OC(=O)NCOCC[Si](C)(C)C)=N1. The number of amides is 1. The van der Waals surface area contributed by atoms with E-state index in [9.17, 15) is 9.18 Å². The number of rotatable bonds is 7. The molecule has 0 saturated carbocycles. The van der Waals surface area contributed by atoms with Gasteiger partial charge in [-0.25, -0.2) is 14.2 Å². The Kier molecular flexibility index (Phi) is 8.28.